The normalized spacial score (nSPS) is 17.2. The van der Waals surface area contributed by atoms with Crippen LogP contribution >= 0.6 is 35.6 Å². The van der Waals surface area contributed by atoms with Gasteiger partial charge in [-0.3, -0.25) is 14.5 Å². The Morgan fingerprint density at radius 1 is 1.38 bits per heavy atom. The number of hydrogen-bond donors (Lipinski definition) is 0. The fourth-order valence-corrected chi connectivity index (χ4v) is 3.25. The number of rotatable bonds is 1. The quantitative estimate of drug-likeness (QED) is 0.590. The summed E-state index contributed by atoms with van der Waals surface area (Å²) in [4.78, 5) is 26.1. The summed E-state index contributed by atoms with van der Waals surface area (Å²) in [6.07, 6.45) is 2.83. The molecule has 21 heavy (non-hydrogen) atoms. The molecule has 1 aliphatic rings. The molecule has 0 atom stereocenters. The number of thioether (sulfide) groups is 1. The van der Waals surface area contributed by atoms with Gasteiger partial charge in [-0.2, -0.15) is 0 Å². The first-order valence-electron chi connectivity index (χ1n) is 5.90. The number of benzene rings is 1. The maximum absolute atomic E-state index is 12.4. The largest absolute Gasteiger partial charge is 0.463 e. The molecule has 106 valence electrons. The third kappa shape index (κ3) is 2.50. The van der Waals surface area contributed by atoms with E-state index in [-0.39, 0.29) is 11.3 Å². The minimum Gasteiger partial charge on any atom is -0.463 e. The van der Waals surface area contributed by atoms with E-state index in [1.54, 1.807) is 25.2 Å². The van der Waals surface area contributed by atoms with Crippen LogP contribution < -0.4 is 5.43 Å². The van der Waals surface area contributed by atoms with Crippen molar-refractivity contribution in [1.82, 2.24) is 4.90 Å². The van der Waals surface area contributed by atoms with Crippen molar-refractivity contribution in [3.8, 4) is 0 Å². The molecule has 4 nitrogen and oxygen atoms in total. The Hall–Kier alpha value is -1.63. The van der Waals surface area contributed by atoms with Gasteiger partial charge in [0.25, 0.3) is 5.91 Å². The fourth-order valence-electron chi connectivity index (χ4n) is 1.90. The fraction of sp³-hybridized carbons (Fsp3) is 0.0714. The van der Waals surface area contributed by atoms with Crippen molar-refractivity contribution in [3.63, 3.8) is 0 Å². The molecule has 0 radical (unpaired) electrons. The Balaban J connectivity index is 2.14. The van der Waals surface area contributed by atoms with Crippen LogP contribution in [0.15, 0.2) is 38.6 Å². The molecule has 1 saturated heterocycles. The molecule has 0 unspecified atom stereocenters. The lowest BCUT2D eigenvalue weighted by atomic mass is 10.1. The molecule has 1 fully saturated rings. The first kappa shape index (κ1) is 14.3. The van der Waals surface area contributed by atoms with Gasteiger partial charge < -0.3 is 4.42 Å². The minimum atomic E-state index is -0.236. The van der Waals surface area contributed by atoms with Crippen molar-refractivity contribution in [3.05, 3.63) is 50.2 Å². The summed E-state index contributed by atoms with van der Waals surface area (Å²) in [5.41, 5.74) is 0.503. The molecule has 2 heterocycles. The van der Waals surface area contributed by atoms with Crippen LogP contribution in [-0.4, -0.2) is 22.2 Å². The number of fused-ring (bicyclic) bond motifs is 1. The van der Waals surface area contributed by atoms with Crippen LogP contribution in [0.3, 0.4) is 0 Å². The van der Waals surface area contributed by atoms with Crippen molar-refractivity contribution in [2.75, 3.05) is 7.05 Å². The Bertz CT molecular complexity index is 872. The van der Waals surface area contributed by atoms with E-state index >= 15 is 0 Å². The van der Waals surface area contributed by atoms with Gasteiger partial charge in [0.1, 0.15) is 16.2 Å². The van der Waals surface area contributed by atoms with Crippen LogP contribution in [0.5, 0.6) is 0 Å². The summed E-state index contributed by atoms with van der Waals surface area (Å²) in [6.45, 7) is 0. The van der Waals surface area contributed by atoms with Gasteiger partial charge in [-0.1, -0.05) is 35.6 Å². The van der Waals surface area contributed by atoms with E-state index in [2.05, 4.69) is 0 Å². The molecule has 2 aromatic rings. The van der Waals surface area contributed by atoms with E-state index in [4.69, 9.17) is 28.2 Å². The smallest absolute Gasteiger partial charge is 0.265 e. The van der Waals surface area contributed by atoms with Crippen LogP contribution in [-0.2, 0) is 4.79 Å². The maximum atomic E-state index is 12.4. The van der Waals surface area contributed by atoms with Crippen LogP contribution in [0.4, 0.5) is 0 Å². The standard InChI is InChI=1S/C14H8ClNO3S2/c1-16-13(18)11(21-14(16)20)4-7-6-19-10-3-2-8(15)5-9(10)12(7)17/h2-6H,1H3. The second-order valence-electron chi connectivity index (χ2n) is 4.40. The molecule has 0 bridgehead atoms. The van der Waals surface area contributed by atoms with Crippen LogP contribution in [0.2, 0.25) is 5.02 Å². The molecule has 1 amide bonds. The number of likely N-dealkylation sites (N-methyl/N-ethyl adjacent to an activating group) is 1. The number of carbonyl (C=O) groups excluding carboxylic acids is 1. The first-order valence-corrected chi connectivity index (χ1v) is 7.50. The lowest BCUT2D eigenvalue weighted by Gasteiger charge is -2.03. The number of hydrogen-bond acceptors (Lipinski definition) is 5. The highest BCUT2D eigenvalue weighted by Crippen LogP contribution is 2.31. The summed E-state index contributed by atoms with van der Waals surface area (Å²) in [5, 5.41) is 0.829. The molecule has 1 aromatic carbocycles. The van der Waals surface area contributed by atoms with Gasteiger partial charge in [0.15, 0.2) is 5.43 Å². The van der Waals surface area contributed by atoms with Gasteiger partial charge in [-0.15, -0.1) is 0 Å². The van der Waals surface area contributed by atoms with Crippen molar-refractivity contribution in [1.29, 1.82) is 0 Å². The van der Waals surface area contributed by atoms with Crippen LogP contribution in [0.25, 0.3) is 17.0 Å². The predicted octanol–water partition coefficient (Wildman–Crippen LogP) is 3.28. The van der Waals surface area contributed by atoms with Crippen molar-refractivity contribution < 1.29 is 9.21 Å². The zero-order valence-corrected chi connectivity index (χ0v) is 13.1. The number of nitrogens with zero attached hydrogens (tertiary/aromatic N) is 1. The predicted molar refractivity (Wildman–Crippen MR) is 88.4 cm³/mol. The van der Waals surface area contributed by atoms with Gasteiger partial charge in [0.05, 0.1) is 15.9 Å². The molecule has 3 rings (SSSR count). The highest BCUT2D eigenvalue weighted by molar-refractivity contribution is 8.26. The molecular formula is C14H8ClNO3S2. The van der Waals surface area contributed by atoms with Crippen LogP contribution in [0.1, 0.15) is 5.56 Å². The molecule has 0 spiro atoms. The Morgan fingerprint density at radius 2 is 2.14 bits per heavy atom. The zero-order chi connectivity index (χ0) is 15.1. The summed E-state index contributed by atoms with van der Waals surface area (Å²) < 4.78 is 5.87. The molecule has 7 heteroatoms. The highest BCUT2D eigenvalue weighted by Gasteiger charge is 2.29. The number of thiocarbonyl (C=S) groups is 1. The van der Waals surface area contributed by atoms with E-state index in [1.165, 1.54) is 17.2 Å². The third-order valence-electron chi connectivity index (χ3n) is 3.03. The molecular weight excluding hydrogens is 330 g/mol. The second kappa shape index (κ2) is 5.29. The Morgan fingerprint density at radius 3 is 2.81 bits per heavy atom. The second-order valence-corrected chi connectivity index (χ2v) is 6.51. The first-order chi connectivity index (χ1) is 9.97. The number of halogens is 1. The van der Waals surface area contributed by atoms with E-state index in [0.717, 1.165) is 11.8 Å². The van der Waals surface area contributed by atoms with Gasteiger partial charge in [0, 0.05) is 12.1 Å². The Kier molecular flexibility index (Phi) is 3.61. The molecule has 1 aliphatic heterocycles. The van der Waals surface area contributed by atoms with Crippen molar-refractivity contribution in [2.45, 2.75) is 0 Å². The molecule has 0 saturated carbocycles. The van der Waals surface area contributed by atoms with Gasteiger partial charge in [-0.25, -0.2) is 0 Å². The summed E-state index contributed by atoms with van der Waals surface area (Å²) >= 11 is 12.1. The highest BCUT2D eigenvalue weighted by atomic mass is 35.5. The zero-order valence-electron chi connectivity index (χ0n) is 10.8. The van der Waals surface area contributed by atoms with E-state index in [0.29, 0.717) is 30.8 Å². The van der Waals surface area contributed by atoms with Gasteiger partial charge in [-0.05, 0) is 24.3 Å². The maximum Gasteiger partial charge on any atom is 0.265 e. The third-order valence-corrected chi connectivity index (χ3v) is 4.75. The Labute approximate surface area is 134 Å². The number of carbonyl (C=O) groups is 1. The lowest BCUT2D eigenvalue weighted by Crippen LogP contribution is -2.22. The molecule has 1 aromatic heterocycles. The lowest BCUT2D eigenvalue weighted by molar-refractivity contribution is -0.121. The summed E-state index contributed by atoms with van der Waals surface area (Å²) in [7, 11) is 1.60. The minimum absolute atomic E-state index is 0.226. The molecule has 0 N–H and O–H groups in total. The SMILES string of the molecule is CN1C(=O)C(=Cc2coc3ccc(Cl)cc3c2=O)SC1=S. The summed E-state index contributed by atoms with van der Waals surface area (Å²) in [5.74, 6) is -0.226. The van der Waals surface area contributed by atoms with E-state index in [9.17, 15) is 9.59 Å². The number of amides is 1. The topological polar surface area (TPSA) is 50.5 Å². The van der Waals surface area contributed by atoms with Gasteiger partial charge in [0.2, 0.25) is 0 Å². The van der Waals surface area contributed by atoms with Crippen molar-refractivity contribution >= 4 is 62.9 Å². The average molecular weight is 338 g/mol. The van der Waals surface area contributed by atoms with Crippen molar-refractivity contribution in [2.24, 2.45) is 0 Å². The summed E-state index contributed by atoms with van der Waals surface area (Å²) in [6, 6.07) is 4.83. The van der Waals surface area contributed by atoms with Crippen LogP contribution in [0, 0.1) is 0 Å². The molecule has 0 aliphatic carbocycles. The monoisotopic (exact) mass is 337 g/mol. The average Bonchev–Trinajstić information content (AvgIpc) is 2.70. The van der Waals surface area contributed by atoms with Gasteiger partial charge >= 0.3 is 0 Å². The van der Waals surface area contributed by atoms with E-state index in [1.807, 2.05) is 0 Å². The van der Waals surface area contributed by atoms with E-state index < -0.39 is 0 Å².